The maximum absolute atomic E-state index is 3.43. The van der Waals surface area contributed by atoms with E-state index in [1.807, 2.05) is 0 Å². The lowest BCUT2D eigenvalue weighted by Gasteiger charge is -2.23. The van der Waals surface area contributed by atoms with E-state index in [-0.39, 0.29) is 0 Å². The molecular formula is C16H20N2. The van der Waals surface area contributed by atoms with Crippen molar-refractivity contribution in [2.45, 2.75) is 6.42 Å². The molecule has 0 bridgehead atoms. The highest BCUT2D eigenvalue weighted by Gasteiger charge is 2.16. The third kappa shape index (κ3) is 2.34. The Morgan fingerprint density at radius 3 is 2.78 bits per heavy atom. The van der Waals surface area contributed by atoms with Crippen molar-refractivity contribution >= 4 is 16.5 Å². The molecule has 0 spiro atoms. The van der Waals surface area contributed by atoms with Gasteiger partial charge in [0.2, 0.25) is 0 Å². The smallest absolute Gasteiger partial charge is 0.0370 e. The zero-order valence-electron chi connectivity index (χ0n) is 10.9. The number of nitrogens with zero attached hydrogens (tertiary/aromatic N) is 1. The SMILES string of the molecule is CN(CC1CCNC1)c1ccc2ccccc2c1. The van der Waals surface area contributed by atoms with Gasteiger partial charge in [0, 0.05) is 19.3 Å². The average Bonchev–Trinajstić information content (AvgIpc) is 2.91. The molecule has 1 atom stereocenters. The van der Waals surface area contributed by atoms with Gasteiger partial charge in [-0.3, -0.25) is 0 Å². The quantitative estimate of drug-likeness (QED) is 0.887. The van der Waals surface area contributed by atoms with Crippen molar-refractivity contribution in [2.24, 2.45) is 5.92 Å². The van der Waals surface area contributed by atoms with Gasteiger partial charge in [0.25, 0.3) is 0 Å². The van der Waals surface area contributed by atoms with Gasteiger partial charge in [0.15, 0.2) is 0 Å². The Hall–Kier alpha value is -1.54. The van der Waals surface area contributed by atoms with Gasteiger partial charge in [-0.1, -0.05) is 30.3 Å². The number of nitrogens with one attached hydrogen (secondary N) is 1. The zero-order valence-corrected chi connectivity index (χ0v) is 10.9. The molecule has 1 N–H and O–H groups in total. The van der Waals surface area contributed by atoms with E-state index < -0.39 is 0 Å². The molecular weight excluding hydrogens is 220 g/mol. The Morgan fingerprint density at radius 2 is 2.00 bits per heavy atom. The molecule has 0 saturated carbocycles. The molecule has 1 heterocycles. The van der Waals surface area contributed by atoms with Crippen molar-refractivity contribution in [2.75, 3.05) is 31.6 Å². The minimum Gasteiger partial charge on any atom is -0.374 e. The summed E-state index contributed by atoms with van der Waals surface area (Å²) in [7, 11) is 2.20. The summed E-state index contributed by atoms with van der Waals surface area (Å²) in [5, 5.41) is 6.07. The van der Waals surface area contributed by atoms with E-state index in [0.717, 1.165) is 19.0 Å². The van der Waals surface area contributed by atoms with Crippen molar-refractivity contribution in [3.8, 4) is 0 Å². The summed E-state index contributed by atoms with van der Waals surface area (Å²) in [6.45, 7) is 3.49. The molecule has 0 amide bonds. The largest absolute Gasteiger partial charge is 0.374 e. The highest BCUT2D eigenvalue weighted by atomic mass is 15.1. The molecule has 18 heavy (non-hydrogen) atoms. The number of hydrogen-bond acceptors (Lipinski definition) is 2. The van der Waals surface area contributed by atoms with Gasteiger partial charge in [-0.2, -0.15) is 0 Å². The van der Waals surface area contributed by atoms with Crippen LogP contribution in [-0.4, -0.2) is 26.7 Å². The fourth-order valence-corrected chi connectivity index (χ4v) is 2.78. The monoisotopic (exact) mass is 240 g/mol. The number of benzene rings is 2. The third-order valence-corrected chi connectivity index (χ3v) is 3.87. The molecule has 3 rings (SSSR count). The summed E-state index contributed by atoms with van der Waals surface area (Å²) in [6, 6.07) is 15.3. The van der Waals surface area contributed by atoms with Crippen LogP contribution in [0, 0.1) is 5.92 Å². The Labute approximate surface area is 109 Å². The maximum Gasteiger partial charge on any atom is 0.0370 e. The van der Waals surface area contributed by atoms with E-state index in [9.17, 15) is 0 Å². The summed E-state index contributed by atoms with van der Waals surface area (Å²) in [5.74, 6) is 0.793. The molecule has 2 aromatic rings. The summed E-state index contributed by atoms with van der Waals surface area (Å²) < 4.78 is 0. The van der Waals surface area contributed by atoms with Gasteiger partial charge in [-0.25, -0.2) is 0 Å². The Morgan fingerprint density at radius 1 is 1.17 bits per heavy atom. The lowest BCUT2D eigenvalue weighted by molar-refractivity contribution is 0.578. The van der Waals surface area contributed by atoms with Crippen molar-refractivity contribution in [3.05, 3.63) is 42.5 Å². The van der Waals surface area contributed by atoms with Crippen LogP contribution < -0.4 is 10.2 Å². The second-order valence-electron chi connectivity index (χ2n) is 5.27. The van der Waals surface area contributed by atoms with E-state index >= 15 is 0 Å². The Kier molecular flexibility index (Phi) is 3.20. The van der Waals surface area contributed by atoms with Crippen LogP contribution in [0.5, 0.6) is 0 Å². The minimum atomic E-state index is 0.793. The van der Waals surface area contributed by atoms with Crippen molar-refractivity contribution < 1.29 is 0 Å². The second-order valence-corrected chi connectivity index (χ2v) is 5.27. The zero-order chi connectivity index (χ0) is 12.4. The van der Waals surface area contributed by atoms with Crippen LogP contribution in [0.1, 0.15) is 6.42 Å². The van der Waals surface area contributed by atoms with E-state index in [4.69, 9.17) is 0 Å². The predicted molar refractivity (Wildman–Crippen MR) is 78.2 cm³/mol. The van der Waals surface area contributed by atoms with E-state index in [2.05, 4.69) is 59.7 Å². The van der Waals surface area contributed by atoms with Crippen LogP contribution in [-0.2, 0) is 0 Å². The molecule has 0 aromatic heterocycles. The van der Waals surface area contributed by atoms with Gasteiger partial charge >= 0.3 is 0 Å². The minimum absolute atomic E-state index is 0.793. The lowest BCUT2D eigenvalue weighted by Crippen LogP contribution is -2.26. The highest BCUT2D eigenvalue weighted by molar-refractivity contribution is 5.85. The maximum atomic E-state index is 3.43. The average molecular weight is 240 g/mol. The van der Waals surface area contributed by atoms with E-state index in [1.54, 1.807) is 0 Å². The van der Waals surface area contributed by atoms with Crippen molar-refractivity contribution in [1.82, 2.24) is 5.32 Å². The Bertz CT molecular complexity index is 529. The van der Waals surface area contributed by atoms with Crippen LogP contribution in [0.2, 0.25) is 0 Å². The van der Waals surface area contributed by atoms with Gasteiger partial charge in [-0.15, -0.1) is 0 Å². The number of anilines is 1. The van der Waals surface area contributed by atoms with Gasteiger partial charge < -0.3 is 10.2 Å². The Balaban J connectivity index is 1.80. The summed E-state index contributed by atoms with van der Waals surface area (Å²) in [6.07, 6.45) is 1.30. The summed E-state index contributed by atoms with van der Waals surface area (Å²) in [4.78, 5) is 2.38. The molecule has 2 heteroatoms. The van der Waals surface area contributed by atoms with Gasteiger partial charge in [0.1, 0.15) is 0 Å². The molecule has 1 unspecified atom stereocenters. The van der Waals surface area contributed by atoms with Crippen LogP contribution in [0.15, 0.2) is 42.5 Å². The highest BCUT2D eigenvalue weighted by Crippen LogP contribution is 2.22. The van der Waals surface area contributed by atoms with Crippen LogP contribution in [0.3, 0.4) is 0 Å². The van der Waals surface area contributed by atoms with Crippen LogP contribution >= 0.6 is 0 Å². The number of fused-ring (bicyclic) bond motifs is 1. The fraction of sp³-hybridized carbons (Fsp3) is 0.375. The molecule has 2 aromatic carbocycles. The predicted octanol–water partition coefficient (Wildman–Crippen LogP) is 2.89. The first-order valence-corrected chi connectivity index (χ1v) is 6.73. The van der Waals surface area contributed by atoms with E-state index in [1.165, 1.54) is 29.4 Å². The van der Waals surface area contributed by atoms with Gasteiger partial charge in [0.05, 0.1) is 0 Å². The molecule has 1 aliphatic heterocycles. The third-order valence-electron chi connectivity index (χ3n) is 3.87. The van der Waals surface area contributed by atoms with Crippen LogP contribution in [0.4, 0.5) is 5.69 Å². The molecule has 94 valence electrons. The summed E-state index contributed by atoms with van der Waals surface area (Å²) in [5.41, 5.74) is 1.32. The molecule has 1 saturated heterocycles. The summed E-state index contributed by atoms with van der Waals surface area (Å²) >= 11 is 0. The molecule has 2 nitrogen and oxygen atoms in total. The molecule has 0 aliphatic carbocycles. The van der Waals surface area contributed by atoms with Crippen molar-refractivity contribution in [3.63, 3.8) is 0 Å². The number of rotatable bonds is 3. The number of hydrogen-bond donors (Lipinski definition) is 1. The molecule has 1 aliphatic rings. The topological polar surface area (TPSA) is 15.3 Å². The first-order chi connectivity index (χ1) is 8.83. The normalized spacial score (nSPS) is 19.3. The second kappa shape index (κ2) is 4.99. The first-order valence-electron chi connectivity index (χ1n) is 6.73. The standard InChI is InChI=1S/C16H20N2/c1-18(12-13-8-9-17-11-13)16-7-6-14-4-2-3-5-15(14)10-16/h2-7,10,13,17H,8-9,11-12H2,1H3. The van der Waals surface area contributed by atoms with E-state index in [0.29, 0.717) is 0 Å². The fourth-order valence-electron chi connectivity index (χ4n) is 2.78. The van der Waals surface area contributed by atoms with Crippen LogP contribution in [0.25, 0.3) is 10.8 Å². The first kappa shape index (κ1) is 11.5. The van der Waals surface area contributed by atoms with Crippen molar-refractivity contribution in [1.29, 1.82) is 0 Å². The van der Waals surface area contributed by atoms with Gasteiger partial charge in [-0.05, 0) is 48.3 Å². The molecule has 1 fully saturated rings. The molecule has 0 radical (unpaired) electrons. The lowest BCUT2D eigenvalue weighted by atomic mass is 10.1.